The van der Waals surface area contributed by atoms with Gasteiger partial charge in [-0.2, -0.15) is 0 Å². The summed E-state index contributed by atoms with van der Waals surface area (Å²) >= 11 is 1.59. The quantitative estimate of drug-likeness (QED) is 0.201. The highest BCUT2D eigenvalue weighted by Crippen LogP contribution is 2.33. The number of carbonyl (C=O) groups is 2. The molecule has 3 aromatic rings. The molecular weight excluding hydrogens is 549 g/mol. The van der Waals surface area contributed by atoms with Crippen LogP contribution in [0, 0.1) is 11.7 Å². The highest BCUT2D eigenvalue weighted by Gasteiger charge is 2.27. The van der Waals surface area contributed by atoms with Crippen molar-refractivity contribution in [3.63, 3.8) is 0 Å². The minimum atomic E-state index is -0.725. The van der Waals surface area contributed by atoms with Crippen molar-refractivity contribution in [1.82, 2.24) is 4.90 Å². The Bertz CT molecular complexity index is 1370. The van der Waals surface area contributed by atoms with Crippen LogP contribution in [0.4, 0.5) is 15.8 Å². The summed E-state index contributed by atoms with van der Waals surface area (Å²) in [6.45, 7) is 7.58. The van der Waals surface area contributed by atoms with Gasteiger partial charge in [0.1, 0.15) is 5.82 Å². The molecule has 1 amide bonds. The number of benzene rings is 2. The number of halogens is 1. The van der Waals surface area contributed by atoms with E-state index in [2.05, 4.69) is 41.0 Å². The maximum Gasteiger partial charge on any atom is 0.303 e. The van der Waals surface area contributed by atoms with E-state index in [9.17, 15) is 14.0 Å². The summed E-state index contributed by atoms with van der Waals surface area (Å²) in [6, 6.07) is 12.1. The summed E-state index contributed by atoms with van der Waals surface area (Å²) in [7, 11) is 0. The number of carboxylic acids is 1. The molecule has 1 fully saturated rings. The molecule has 2 aliphatic heterocycles. The Morgan fingerprint density at radius 3 is 2.62 bits per heavy atom. The van der Waals surface area contributed by atoms with E-state index in [0.29, 0.717) is 12.3 Å². The van der Waals surface area contributed by atoms with Crippen molar-refractivity contribution in [3.05, 3.63) is 58.7 Å². The lowest BCUT2D eigenvalue weighted by Crippen LogP contribution is -2.47. The molecule has 0 spiro atoms. The first-order valence-electron chi connectivity index (χ1n) is 15.7. The van der Waals surface area contributed by atoms with Crippen LogP contribution in [-0.2, 0) is 22.4 Å². The van der Waals surface area contributed by atoms with Gasteiger partial charge in [0.05, 0.1) is 0 Å². The van der Waals surface area contributed by atoms with E-state index in [1.54, 1.807) is 23.5 Å². The molecule has 1 atom stereocenters. The molecule has 6 nitrogen and oxygen atoms in total. The number of nitrogens with zero attached hydrogens (tertiary/aromatic N) is 3. The zero-order valence-electron chi connectivity index (χ0n) is 24.8. The molecule has 8 heteroatoms. The maximum absolute atomic E-state index is 14.2. The van der Waals surface area contributed by atoms with Gasteiger partial charge in [-0.25, -0.2) is 4.39 Å². The van der Waals surface area contributed by atoms with E-state index < -0.39 is 5.97 Å². The van der Waals surface area contributed by atoms with Gasteiger partial charge in [-0.15, -0.1) is 11.3 Å². The predicted octanol–water partition coefficient (Wildman–Crippen LogP) is 7.14. The summed E-state index contributed by atoms with van der Waals surface area (Å²) in [5.74, 6) is -0.237. The number of hydrogen-bond acceptors (Lipinski definition) is 5. The van der Waals surface area contributed by atoms with E-state index >= 15 is 0 Å². The Morgan fingerprint density at radius 2 is 1.83 bits per heavy atom. The van der Waals surface area contributed by atoms with Crippen LogP contribution in [-0.4, -0.2) is 61.2 Å². The van der Waals surface area contributed by atoms with Gasteiger partial charge in [-0.05, 0) is 78.8 Å². The van der Waals surface area contributed by atoms with Crippen LogP contribution in [0.1, 0.15) is 69.4 Å². The number of anilines is 2. The third-order valence-electron chi connectivity index (χ3n) is 8.93. The molecule has 2 aliphatic rings. The van der Waals surface area contributed by atoms with Crippen LogP contribution in [0.2, 0.25) is 0 Å². The van der Waals surface area contributed by atoms with E-state index in [-0.39, 0.29) is 18.1 Å². The topological polar surface area (TPSA) is 64.1 Å². The number of carboxylic acid groups (broad SMARTS) is 1. The Labute approximate surface area is 253 Å². The first-order valence-corrected chi connectivity index (χ1v) is 16.6. The van der Waals surface area contributed by atoms with Crippen molar-refractivity contribution in [1.29, 1.82) is 0 Å². The van der Waals surface area contributed by atoms with Gasteiger partial charge < -0.3 is 14.9 Å². The maximum atomic E-state index is 14.2. The van der Waals surface area contributed by atoms with Crippen molar-refractivity contribution in [3.8, 4) is 0 Å². The van der Waals surface area contributed by atoms with E-state index in [1.165, 1.54) is 11.1 Å². The number of hydrogen-bond donors (Lipinski definition) is 1. The number of aliphatic carboxylic acids is 1. The van der Waals surface area contributed by atoms with Crippen molar-refractivity contribution in [2.24, 2.45) is 5.92 Å². The lowest BCUT2D eigenvalue weighted by molar-refractivity contribution is -0.137. The molecule has 1 unspecified atom stereocenters. The second-order valence-electron chi connectivity index (χ2n) is 12.0. The molecule has 1 aromatic heterocycles. The molecule has 1 saturated heterocycles. The summed E-state index contributed by atoms with van der Waals surface area (Å²) in [4.78, 5) is 30.8. The van der Waals surface area contributed by atoms with Gasteiger partial charge >= 0.3 is 5.97 Å². The Balaban J connectivity index is 1.17. The van der Waals surface area contributed by atoms with Crippen molar-refractivity contribution < 1.29 is 19.1 Å². The second-order valence-corrected chi connectivity index (χ2v) is 12.9. The second kappa shape index (κ2) is 14.5. The summed E-state index contributed by atoms with van der Waals surface area (Å²) < 4.78 is 15.2. The number of aryl methyl sites for hydroxylation is 1. The van der Waals surface area contributed by atoms with Crippen LogP contribution in [0.25, 0.3) is 10.1 Å². The zero-order chi connectivity index (χ0) is 29.5. The molecule has 0 saturated carbocycles. The van der Waals surface area contributed by atoms with Crippen molar-refractivity contribution >= 4 is 44.7 Å². The van der Waals surface area contributed by atoms with Crippen LogP contribution in [0.3, 0.4) is 0 Å². The van der Waals surface area contributed by atoms with Crippen LogP contribution >= 0.6 is 11.3 Å². The molecule has 226 valence electrons. The fourth-order valence-corrected chi connectivity index (χ4v) is 7.43. The number of unbranched alkanes of at least 4 members (excludes halogenated alkanes) is 2. The minimum Gasteiger partial charge on any atom is -0.481 e. The average Bonchev–Trinajstić information content (AvgIpc) is 3.45. The third kappa shape index (κ3) is 7.70. The lowest BCUT2D eigenvalue weighted by Gasteiger charge is -2.36. The average molecular weight is 594 g/mol. The van der Waals surface area contributed by atoms with Crippen LogP contribution in [0.15, 0.2) is 41.8 Å². The van der Waals surface area contributed by atoms with Crippen molar-refractivity contribution in [2.75, 3.05) is 49.1 Å². The fraction of sp³-hybridized carbons (Fsp3) is 0.529. The van der Waals surface area contributed by atoms with Crippen LogP contribution in [0.5, 0.6) is 0 Å². The molecule has 2 aromatic carbocycles. The Hall–Kier alpha value is -2.97. The lowest BCUT2D eigenvalue weighted by atomic mass is 9.92. The molecule has 0 aliphatic carbocycles. The number of rotatable bonds is 14. The number of carbonyl (C=O) groups excluding carboxylic acids is 1. The number of piperazine rings is 1. The normalized spacial score (nSPS) is 16.7. The molecule has 42 heavy (non-hydrogen) atoms. The van der Waals surface area contributed by atoms with Gasteiger partial charge in [0.25, 0.3) is 0 Å². The van der Waals surface area contributed by atoms with Crippen molar-refractivity contribution in [2.45, 2.75) is 71.1 Å². The summed E-state index contributed by atoms with van der Waals surface area (Å²) in [5.41, 5.74) is 4.62. The first-order chi connectivity index (χ1) is 20.4. The summed E-state index contributed by atoms with van der Waals surface area (Å²) in [6.07, 6.45) is 8.40. The highest BCUT2D eigenvalue weighted by molar-refractivity contribution is 7.17. The minimum absolute atomic E-state index is 0.168. The molecule has 5 rings (SSSR count). The fourth-order valence-electron chi connectivity index (χ4n) is 6.60. The largest absolute Gasteiger partial charge is 0.481 e. The van der Waals surface area contributed by atoms with E-state index in [1.807, 2.05) is 10.3 Å². The number of amides is 1. The van der Waals surface area contributed by atoms with Gasteiger partial charge in [0.2, 0.25) is 5.91 Å². The smallest absolute Gasteiger partial charge is 0.303 e. The van der Waals surface area contributed by atoms with Gasteiger partial charge in [-0.1, -0.05) is 38.3 Å². The molecule has 0 radical (unpaired) electrons. The SMILES string of the molecule is CCCC(CCCCCC(=O)O)CN1C(=O)CCc2ccc(CCN3CCN(c4cc(F)cc5sccc45)CC3)cc21. The van der Waals surface area contributed by atoms with E-state index in [0.717, 1.165) is 112 Å². The molecule has 3 heterocycles. The highest BCUT2D eigenvalue weighted by atomic mass is 32.1. The first kappa shape index (κ1) is 30.5. The zero-order valence-corrected chi connectivity index (χ0v) is 25.6. The molecule has 0 bridgehead atoms. The van der Waals surface area contributed by atoms with Gasteiger partial charge in [-0.3, -0.25) is 14.5 Å². The Kier molecular flexibility index (Phi) is 10.5. The van der Waals surface area contributed by atoms with Gasteiger partial charge in [0, 0.05) is 73.6 Å². The summed E-state index contributed by atoms with van der Waals surface area (Å²) in [5, 5.41) is 12.1. The molecular formula is C34H44FN3O3S. The van der Waals surface area contributed by atoms with Gasteiger partial charge in [0.15, 0.2) is 0 Å². The number of fused-ring (bicyclic) bond motifs is 2. The molecule has 1 N–H and O–H groups in total. The third-order valence-corrected chi connectivity index (χ3v) is 9.80. The van der Waals surface area contributed by atoms with Crippen LogP contribution < -0.4 is 9.80 Å². The van der Waals surface area contributed by atoms with E-state index in [4.69, 9.17) is 5.11 Å². The monoisotopic (exact) mass is 593 g/mol. The number of thiophene rings is 1. The standard InChI is InChI=1S/C34H44FN3O3S/c1-2-6-26(7-4-3-5-8-34(40)41)24-38-30-21-25(9-10-27(30)11-12-33(38)39)13-15-36-16-18-37(19-17-36)31-22-28(35)23-32-29(31)14-20-42-32/h9-10,14,20-23,26H,2-8,11-13,15-19,24H2,1H3,(H,40,41). The predicted molar refractivity (Wildman–Crippen MR) is 170 cm³/mol. The Morgan fingerprint density at radius 1 is 1.00 bits per heavy atom.